The molecule has 1 aromatic carbocycles. The zero-order valence-corrected chi connectivity index (χ0v) is 17.1. The number of amides is 2. The van der Waals surface area contributed by atoms with Gasteiger partial charge < -0.3 is 15.4 Å². The zero-order chi connectivity index (χ0) is 21.9. The number of halogens is 2. The third-order valence-electron chi connectivity index (χ3n) is 5.47. The number of pyridine rings is 1. The van der Waals surface area contributed by atoms with Crippen LogP contribution in [-0.4, -0.2) is 30.0 Å². The second-order valence-electron chi connectivity index (χ2n) is 7.85. The number of ether oxygens (including phenoxy) is 1. The molecule has 30 heavy (non-hydrogen) atoms. The fraction of sp³-hybridized carbons (Fsp3) is 0.409. The number of nitrogens with zero attached hydrogens (tertiary/aromatic N) is 1. The van der Waals surface area contributed by atoms with Crippen LogP contribution >= 0.6 is 0 Å². The number of hydrogen-bond acceptors (Lipinski definition) is 4. The van der Waals surface area contributed by atoms with Crippen molar-refractivity contribution in [3.63, 3.8) is 0 Å². The van der Waals surface area contributed by atoms with E-state index in [1.54, 1.807) is 13.0 Å². The summed E-state index contributed by atoms with van der Waals surface area (Å²) in [5.74, 6) is -0.487. The highest BCUT2D eigenvalue weighted by molar-refractivity contribution is 6.01. The Morgan fingerprint density at radius 1 is 1.23 bits per heavy atom. The van der Waals surface area contributed by atoms with Gasteiger partial charge in [-0.05, 0) is 48.9 Å². The maximum absolute atomic E-state index is 13.5. The number of alkyl halides is 2. The number of nitrogens with one attached hydrogen (secondary N) is 2. The molecule has 0 unspecified atom stereocenters. The van der Waals surface area contributed by atoms with Crippen molar-refractivity contribution in [1.29, 1.82) is 0 Å². The first-order valence-corrected chi connectivity index (χ1v) is 9.80. The molecule has 1 fully saturated rings. The number of aryl methyl sites for hydroxylation is 1. The van der Waals surface area contributed by atoms with Crippen LogP contribution in [0.3, 0.4) is 0 Å². The maximum atomic E-state index is 13.5. The van der Waals surface area contributed by atoms with E-state index >= 15 is 0 Å². The summed E-state index contributed by atoms with van der Waals surface area (Å²) in [5, 5.41) is 5.46. The number of carbonyl (C=O) groups is 2. The average molecular weight is 417 g/mol. The van der Waals surface area contributed by atoms with Crippen molar-refractivity contribution < 1.29 is 23.1 Å². The highest BCUT2D eigenvalue weighted by atomic mass is 19.3. The summed E-state index contributed by atoms with van der Waals surface area (Å²) in [4.78, 5) is 28.3. The molecule has 1 aliphatic carbocycles. The van der Waals surface area contributed by atoms with Gasteiger partial charge in [0.05, 0.1) is 5.41 Å². The molecule has 0 saturated heterocycles. The van der Waals surface area contributed by atoms with E-state index in [9.17, 15) is 18.4 Å². The Balaban J connectivity index is 1.97. The number of carbonyl (C=O) groups excluding carboxylic acids is 2. The molecule has 8 heteroatoms. The fourth-order valence-corrected chi connectivity index (χ4v) is 4.00. The molecule has 2 amide bonds. The van der Waals surface area contributed by atoms with Crippen molar-refractivity contribution in [2.24, 2.45) is 0 Å². The van der Waals surface area contributed by atoms with E-state index in [0.717, 1.165) is 11.1 Å². The van der Waals surface area contributed by atoms with Crippen molar-refractivity contribution in [2.75, 3.05) is 5.32 Å². The number of hydrogen-bond donors (Lipinski definition) is 2. The Hall–Kier alpha value is -3.03. The Labute approximate surface area is 174 Å². The Kier molecular flexibility index (Phi) is 6.34. The van der Waals surface area contributed by atoms with Crippen molar-refractivity contribution in [3.05, 3.63) is 53.2 Å². The van der Waals surface area contributed by atoms with Crippen molar-refractivity contribution in [1.82, 2.24) is 10.3 Å². The number of aromatic nitrogens is 1. The fourth-order valence-electron chi connectivity index (χ4n) is 4.00. The van der Waals surface area contributed by atoms with Gasteiger partial charge in [-0.3, -0.25) is 9.59 Å². The first-order chi connectivity index (χ1) is 14.3. The SMILES string of the molecule is Cc1ccc(NC(=O)C2(c3ccccc3C(C)C)CC(NC=O)C2)c(OC(F)F)n1. The molecule has 0 radical (unpaired) electrons. The molecule has 160 valence electrons. The molecule has 3 rings (SSSR count). The van der Waals surface area contributed by atoms with E-state index in [0.29, 0.717) is 24.9 Å². The smallest absolute Gasteiger partial charge is 0.388 e. The first kappa shape index (κ1) is 21.7. The second-order valence-corrected chi connectivity index (χ2v) is 7.85. The monoisotopic (exact) mass is 417 g/mol. The summed E-state index contributed by atoms with van der Waals surface area (Å²) in [5.41, 5.74) is 1.58. The quantitative estimate of drug-likeness (QED) is 0.639. The van der Waals surface area contributed by atoms with E-state index in [1.165, 1.54) is 6.07 Å². The van der Waals surface area contributed by atoms with Gasteiger partial charge in [-0.2, -0.15) is 8.78 Å². The lowest BCUT2D eigenvalue weighted by atomic mass is 9.59. The first-order valence-electron chi connectivity index (χ1n) is 9.80. The summed E-state index contributed by atoms with van der Waals surface area (Å²) in [7, 11) is 0. The molecule has 6 nitrogen and oxygen atoms in total. The van der Waals surface area contributed by atoms with E-state index in [2.05, 4.69) is 20.4 Å². The lowest BCUT2D eigenvalue weighted by Gasteiger charge is -2.47. The van der Waals surface area contributed by atoms with E-state index in [4.69, 9.17) is 0 Å². The van der Waals surface area contributed by atoms with Crippen LogP contribution in [0, 0.1) is 6.92 Å². The number of anilines is 1. The highest BCUT2D eigenvalue weighted by Gasteiger charge is 2.52. The minimum atomic E-state index is -3.06. The van der Waals surface area contributed by atoms with Crippen LogP contribution in [0.15, 0.2) is 36.4 Å². The van der Waals surface area contributed by atoms with Crippen LogP contribution in [0.4, 0.5) is 14.5 Å². The maximum Gasteiger partial charge on any atom is 0.388 e. The van der Waals surface area contributed by atoms with Gasteiger partial charge in [0, 0.05) is 11.7 Å². The molecule has 1 saturated carbocycles. The van der Waals surface area contributed by atoms with Crippen LogP contribution in [0.25, 0.3) is 0 Å². The second kappa shape index (κ2) is 8.77. The highest BCUT2D eigenvalue weighted by Crippen LogP contribution is 2.47. The van der Waals surface area contributed by atoms with E-state index < -0.39 is 12.0 Å². The van der Waals surface area contributed by atoms with E-state index in [-0.39, 0.29) is 29.4 Å². The Morgan fingerprint density at radius 2 is 1.93 bits per heavy atom. The largest absolute Gasteiger partial charge is 0.415 e. The Morgan fingerprint density at radius 3 is 2.57 bits per heavy atom. The number of benzene rings is 1. The minimum absolute atomic E-state index is 0.0825. The molecule has 0 aliphatic heterocycles. The summed E-state index contributed by atoms with van der Waals surface area (Å²) in [6.45, 7) is 2.67. The minimum Gasteiger partial charge on any atom is -0.415 e. The molecule has 1 aliphatic rings. The standard InChI is InChI=1S/C22H25F2N3O3/c1-13(2)16-6-4-5-7-17(16)22(10-15(11-22)25-12-28)20(29)27-18-9-8-14(3)26-19(18)30-21(23)24/h4-9,12-13,15,21H,10-11H2,1-3H3,(H,25,28)(H,27,29). The normalized spacial score (nSPS) is 20.6. The molecule has 0 spiro atoms. The van der Waals surface area contributed by atoms with Crippen LogP contribution in [0.5, 0.6) is 5.88 Å². The summed E-state index contributed by atoms with van der Waals surface area (Å²) < 4.78 is 30.1. The van der Waals surface area contributed by atoms with Gasteiger partial charge in [0.1, 0.15) is 5.69 Å². The molecule has 0 bridgehead atoms. The van der Waals surface area contributed by atoms with Gasteiger partial charge >= 0.3 is 6.61 Å². The lowest BCUT2D eigenvalue weighted by molar-refractivity contribution is -0.126. The third kappa shape index (κ3) is 4.27. The predicted octanol–water partition coefficient (Wildman–Crippen LogP) is 3.90. The molecular formula is C22H25F2N3O3. The molecule has 0 atom stereocenters. The van der Waals surface area contributed by atoms with Crippen LogP contribution in [0.1, 0.15) is 49.4 Å². The van der Waals surface area contributed by atoms with Gasteiger partial charge in [0.2, 0.25) is 18.2 Å². The van der Waals surface area contributed by atoms with Crippen molar-refractivity contribution in [3.8, 4) is 5.88 Å². The van der Waals surface area contributed by atoms with Gasteiger partial charge in [-0.1, -0.05) is 38.1 Å². The van der Waals surface area contributed by atoms with Crippen molar-refractivity contribution >= 4 is 18.0 Å². The van der Waals surface area contributed by atoms with Gasteiger partial charge in [-0.25, -0.2) is 4.98 Å². The number of rotatable bonds is 8. The van der Waals surface area contributed by atoms with Gasteiger partial charge in [0.15, 0.2) is 0 Å². The molecule has 2 aromatic rings. The van der Waals surface area contributed by atoms with Crippen LogP contribution < -0.4 is 15.4 Å². The van der Waals surface area contributed by atoms with Crippen LogP contribution in [-0.2, 0) is 15.0 Å². The van der Waals surface area contributed by atoms with Crippen LogP contribution in [0.2, 0.25) is 0 Å². The van der Waals surface area contributed by atoms with Crippen molar-refractivity contribution in [2.45, 2.75) is 57.6 Å². The zero-order valence-electron chi connectivity index (χ0n) is 17.1. The predicted molar refractivity (Wildman–Crippen MR) is 109 cm³/mol. The third-order valence-corrected chi connectivity index (χ3v) is 5.47. The molecule has 2 N–H and O–H groups in total. The average Bonchev–Trinajstić information content (AvgIpc) is 2.66. The summed E-state index contributed by atoms with van der Waals surface area (Å²) in [6.07, 6.45) is 1.44. The van der Waals surface area contributed by atoms with E-state index in [1.807, 2.05) is 38.1 Å². The Bertz CT molecular complexity index is 928. The molecule has 1 heterocycles. The molecule has 1 aromatic heterocycles. The topological polar surface area (TPSA) is 80.3 Å². The summed E-state index contributed by atoms with van der Waals surface area (Å²) in [6, 6.07) is 10.7. The molecular weight excluding hydrogens is 392 g/mol. The van der Waals surface area contributed by atoms with Gasteiger partial charge in [0.25, 0.3) is 0 Å². The summed E-state index contributed by atoms with van der Waals surface area (Å²) >= 11 is 0. The lowest BCUT2D eigenvalue weighted by Crippen LogP contribution is -2.57. The van der Waals surface area contributed by atoms with Gasteiger partial charge in [-0.15, -0.1) is 0 Å².